The third kappa shape index (κ3) is 4.86. The van der Waals surface area contributed by atoms with Crippen LogP contribution in [0, 0.1) is 13.8 Å². The number of amides is 1. The number of hydrogen-bond donors (Lipinski definition) is 1. The zero-order valence-electron chi connectivity index (χ0n) is 17.7. The summed E-state index contributed by atoms with van der Waals surface area (Å²) in [5, 5.41) is 7.83. The Labute approximate surface area is 172 Å². The molecular weight excluding hydrogens is 362 g/mol. The molecule has 3 aromatic rings. The van der Waals surface area contributed by atoms with E-state index in [4.69, 9.17) is 9.84 Å². The van der Waals surface area contributed by atoms with E-state index in [-0.39, 0.29) is 5.91 Å². The lowest BCUT2D eigenvalue weighted by Crippen LogP contribution is -2.27. The van der Waals surface area contributed by atoms with E-state index >= 15 is 0 Å². The van der Waals surface area contributed by atoms with Crippen LogP contribution in [0.1, 0.15) is 47.8 Å². The molecular formula is C24H29N3O2. The number of unbranched alkanes of at least 4 members (excludes halogenated alkanes) is 2. The number of ether oxygens (including phenoxy) is 1. The highest BCUT2D eigenvalue weighted by Crippen LogP contribution is 2.26. The van der Waals surface area contributed by atoms with Crippen LogP contribution in [-0.2, 0) is 0 Å². The molecule has 0 aliphatic rings. The van der Waals surface area contributed by atoms with Crippen molar-refractivity contribution in [3.05, 3.63) is 65.4 Å². The molecule has 0 fully saturated rings. The molecule has 0 radical (unpaired) electrons. The molecule has 0 atom stereocenters. The Morgan fingerprint density at radius 3 is 2.69 bits per heavy atom. The maximum Gasteiger partial charge on any atom is 0.270 e. The number of benzene rings is 2. The molecule has 2 aromatic carbocycles. The first-order valence-corrected chi connectivity index (χ1v) is 10.1. The molecule has 0 spiro atoms. The van der Waals surface area contributed by atoms with Gasteiger partial charge >= 0.3 is 0 Å². The van der Waals surface area contributed by atoms with E-state index < -0.39 is 0 Å². The second-order valence-corrected chi connectivity index (χ2v) is 7.31. The third-order valence-corrected chi connectivity index (χ3v) is 4.97. The zero-order chi connectivity index (χ0) is 20.8. The van der Waals surface area contributed by atoms with E-state index in [1.807, 2.05) is 44.2 Å². The fourth-order valence-electron chi connectivity index (χ4n) is 3.27. The number of carbonyl (C=O) groups is 1. The van der Waals surface area contributed by atoms with Gasteiger partial charge in [0.25, 0.3) is 5.91 Å². The molecule has 29 heavy (non-hydrogen) atoms. The molecule has 3 rings (SSSR count). The highest BCUT2D eigenvalue weighted by molar-refractivity contribution is 5.94. The number of aryl methyl sites for hydroxylation is 2. The Kier molecular flexibility index (Phi) is 6.70. The average molecular weight is 392 g/mol. The van der Waals surface area contributed by atoms with Crippen molar-refractivity contribution in [2.75, 3.05) is 13.7 Å². The van der Waals surface area contributed by atoms with Gasteiger partial charge in [-0.15, -0.1) is 0 Å². The van der Waals surface area contributed by atoms with E-state index in [0.29, 0.717) is 12.2 Å². The van der Waals surface area contributed by atoms with Crippen LogP contribution in [-0.4, -0.2) is 29.3 Å². The molecule has 0 aliphatic carbocycles. The van der Waals surface area contributed by atoms with E-state index in [1.54, 1.807) is 11.8 Å². The van der Waals surface area contributed by atoms with Crippen LogP contribution in [0.3, 0.4) is 0 Å². The predicted octanol–water partition coefficient (Wildman–Crippen LogP) is 5.08. The Hall–Kier alpha value is -3.08. The van der Waals surface area contributed by atoms with Gasteiger partial charge in [-0.05, 0) is 55.7 Å². The summed E-state index contributed by atoms with van der Waals surface area (Å²) in [5.41, 5.74) is 5.29. The lowest BCUT2D eigenvalue weighted by Gasteiger charge is -2.11. The summed E-state index contributed by atoms with van der Waals surface area (Å²) >= 11 is 0. The zero-order valence-corrected chi connectivity index (χ0v) is 17.7. The van der Waals surface area contributed by atoms with Gasteiger partial charge < -0.3 is 10.1 Å². The monoisotopic (exact) mass is 391 g/mol. The number of rotatable bonds is 8. The molecule has 1 N–H and O–H groups in total. The van der Waals surface area contributed by atoms with Gasteiger partial charge in [-0.3, -0.25) is 4.79 Å². The van der Waals surface area contributed by atoms with Gasteiger partial charge in [-0.1, -0.05) is 44.0 Å². The molecule has 152 valence electrons. The topological polar surface area (TPSA) is 56.1 Å². The van der Waals surface area contributed by atoms with E-state index in [1.165, 1.54) is 0 Å². The van der Waals surface area contributed by atoms with E-state index in [0.717, 1.165) is 53.1 Å². The second kappa shape index (κ2) is 9.41. The van der Waals surface area contributed by atoms with Crippen molar-refractivity contribution >= 4 is 5.91 Å². The molecule has 0 saturated carbocycles. The minimum atomic E-state index is -0.108. The Balaban J connectivity index is 2.03. The summed E-state index contributed by atoms with van der Waals surface area (Å²) in [7, 11) is 1.64. The van der Waals surface area contributed by atoms with Crippen molar-refractivity contribution < 1.29 is 9.53 Å². The summed E-state index contributed by atoms with van der Waals surface area (Å²) < 4.78 is 7.10. The number of methoxy groups -OCH3 is 1. The van der Waals surface area contributed by atoms with E-state index in [2.05, 4.69) is 30.4 Å². The average Bonchev–Trinajstić information content (AvgIpc) is 3.18. The van der Waals surface area contributed by atoms with Crippen molar-refractivity contribution in [3.8, 4) is 22.7 Å². The summed E-state index contributed by atoms with van der Waals surface area (Å²) in [6.45, 7) is 6.89. The molecule has 0 unspecified atom stereocenters. The minimum Gasteiger partial charge on any atom is -0.497 e. The molecule has 1 heterocycles. The van der Waals surface area contributed by atoms with Crippen LogP contribution >= 0.6 is 0 Å². The third-order valence-electron chi connectivity index (χ3n) is 4.97. The number of nitrogens with one attached hydrogen (secondary N) is 1. The standard InChI is InChI=1S/C24H29N3O2/c1-5-6-7-13-25-24(28)23-16-21(19-9-8-10-20(15-19)29-4)26-27(23)22-14-17(2)11-12-18(22)3/h8-12,14-16H,5-7,13H2,1-4H3,(H,25,28). The largest absolute Gasteiger partial charge is 0.497 e. The van der Waals surface area contributed by atoms with Gasteiger partial charge in [-0.2, -0.15) is 5.10 Å². The van der Waals surface area contributed by atoms with Crippen LogP contribution in [0.2, 0.25) is 0 Å². The lowest BCUT2D eigenvalue weighted by atomic mass is 10.1. The number of aromatic nitrogens is 2. The van der Waals surface area contributed by atoms with Crippen LogP contribution < -0.4 is 10.1 Å². The molecule has 0 aliphatic heterocycles. The summed E-state index contributed by atoms with van der Waals surface area (Å²) in [4.78, 5) is 13.0. The first-order valence-electron chi connectivity index (χ1n) is 10.1. The SMILES string of the molecule is CCCCCNC(=O)c1cc(-c2cccc(OC)c2)nn1-c1cc(C)ccc1C. The highest BCUT2D eigenvalue weighted by Gasteiger charge is 2.19. The van der Waals surface area contributed by atoms with Gasteiger partial charge in [0.05, 0.1) is 18.5 Å². The Morgan fingerprint density at radius 1 is 1.10 bits per heavy atom. The number of carbonyl (C=O) groups excluding carboxylic acids is 1. The molecule has 1 amide bonds. The minimum absolute atomic E-state index is 0.108. The van der Waals surface area contributed by atoms with Gasteiger partial charge in [0.1, 0.15) is 11.4 Å². The smallest absolute Gasteiger partial charge is 0.270 e. The summed E-state index contributed by atoms with van der Waals surface area (Å²) in [6, 6.07) is 15.8. The molecule has 1 aromatic heterocycles. The first-order chi connectivity index (χ1) is 14.0. The lowest BCUT2D eigenvalue weighted by molar-refractivity contribution is 0.0945. The fourth-order valence-corrected chi connectivity index (χ4v) is 3.27. The Morgan fingerprint density at radius 2 is 1.93 bits per heavy atom. The number of hydrogen-bond acceptors (Lipinski definition) is 3. The van der Waals surface area contributed by atoms with E-state index in [9.17, 15) is 4.79 Å². The highest BCUT2D eigenvalue weighted by atomic mass is 16.5. The predicted molar refractivity (Wildman–Crippen MR) is 117 cm³/mol. The van der Waals surface area contributed by atoms with Crippen molar-refractivity contribution in [2.45, 2.75) is 40.0 Å². The fraction of sp³-hybridized carbons (Fsp3) is 0.333. The van der Waals surface area contributed by atoms with Crippen LogP contribution in [0.5, 0.6) is 5.75 Å². The van der Waals surface area contributed by atoms with Gasteiger partial charge in [-0.25, -0.2) is 4.68 Å². The van der Waals surface area contributed by atoms with Crippen molar-refractivity contribution in [1.29, 1.82) is 0 Å². The maximum absolute atomic E-state index is 13.0. The molecule has 5 heteroatoms. The normalized spacial score (nSPS) is 10.8. The molecule has 0 bridgehead atoms. The van der Waals surface area contributed by atoms with Crippen molar-refractivity contribution in [3.63, 3.8) is 0 Å². The van der Waals surface area contributed by atoms with Gasteiger partial charge in [0.2, 0.25) is 0 Å². The van der Waals surface area contributed by atoms with Gasteiger partial charge in [0.15, 0.2) is 0 Å². The first kappa shape index (κ1) is 20.6. The van der Waals surface area contributed by atoms with Crippen molar-refractivity contribution in [2.24, 2.45) is 0 Å². The quantitative estimate of drug-likeness (QED) is 0.545. The van der Waals surface area contributed by atoms with Gasteiger partial charge in [0, 0.05) is 12.1 Å². The number of nitrogens with zero attached hydrogens (tertiary/aromatic N) is 2. The summed E-state index contributed by atoms with van der Waals surface area (Å²) in [6.07, 6.45) is 3.20. The molecule has 5 nitrogen and oxygen atoms in total. The second-order valence-electron chi connectivity index (χ2n) is 7.31. The Bertz CT molecular complexity index is 992. The summed E-state index contributed by atoms with van der Waals surface area (Å²) in [5.74, 6) is 0.651. The molecule has 0 saturated heterocycles. The van der Waals surface area contributed by atoms with Crippen molar-refractivity contribution in [1.82, 2.24) is 15.1 Å². The van der Waals surface area contributed by atoms with Crippen LogP contribution in [0.15, 0.2) is 48.5 Å². The van der Waals surface area contributed by atoms with Crippen LogP contribution in [0.4, 0.5) is 0 Å². The maximum atomic E-state index is 13.0. The van der Waals surface area contributed by atoms with Crippen LogP contribution in [0.25, 0.3) is 16.9 Å².